The van der Waals surface area contributed by atoms with Gasteiger partial charge in [-0.3, -0.25) is 4.79 Å². The normalized spacial score (nSPS) is 10.5. The molecule has 0 amide bonds. The van der Waals surface area contributed by atoms with Crippen molar-refractivity contribution < 1.29 is 13.9 Å². The molecule has 0 aliphatic rings. The summed E-state index contributed by atoms with van der Waals surface area (Å²) in [6.45, 7) is 1.50. The zero-order chi connectivity index (χ0) is 12.6. The second kappa shape index (κ2) is 4.01. The van der Waals surface area contributed by atoms with E-state index in [0.29, 0.717) is 10.9 Å². The summed E-state index contributed by atoms with van der Waals surface area (Å²) in [6.07, 6.45) is 0. The van der Waals surface area contributed by atoms with Crippen LogP contribution in [0.15, 0.2) is 23.0 Å². The van der Waals surface area contributed by atoms with E-state index >= 15 is 0 Å². The van der Waals surface area contributed by atoms with Crippen LogP contribution in [0.1, 0.15) is 15.9 Å². The summed E-state index contributed by atoms with van der Waals surface area (Å²) in [6, 6.07) is 3.83. The molecule has 0 fully saturated rings. The molecule has 0 aliphatic carbocycles. The molecule has 0 atom stereocenters. The first-order chi connectivity index (χ1) is 8.04. The fourth-order valence-corrected chi connectivity index (χ4v) is 1.73. The maximum absolute atomic E-state index is 13.2. The van der Waals surface area contributed by atoms with Crippen LogP contribution in [0.25, 0.3) is 10.9 Å². The Balaban J connectivity index is 2.94. The van der Waals surface area contributed by atoms with E-state index in [-0.39, 0.29) is 16.7 Å². The highest BCUT2D eigenvalue weighted by atomic mass is 19.1. The maximum Gasteiger partial charge on any atom is 0.339 e. The van der Waals surface area contributed by atoms with Crippen molar-refractivity contribution in [1.29, 1.82) is 0 Å². The van der Waals surface area contributed by atoms with Crippen LogP contribution in [-0.2, 0) is 4.74 Å². The molecule has 2 rings (SSSR count). The molecule has 5 heteroatoms. The van der Waals surface area contributed by atoms with Crippen molar-refractivity contribution in [2.45, 2.75) is 6.92 Å². The summed E-state index contributed by atoms with van der Waals surface area (Å²) in [5.74, 6) is -1.13. The minimum Gasteiger partial charge on any atom is -0.465 e. The third-order valence-corrected chi connectivity index (χ3v) is 2.60. The third-order valence-electron chi connectivity index (χ3n) is 2.60. The molecule has 2 aromatic rings. The van der Waals surface area contributed by atoms with Crippen LogP contribution >= 0.6 is 0 Å². The molecule has 0 aliphatic heterocycles. The molecule has 0 saturated heterocycles. The minimum atomic E-state index is -0.649. The number of halogens is 1. The molecule has 1 N–H and O–H groups in total. The molecular formula is C12H10FNO3. The zero-order valence-electron chi connectivity index (χ0n) is 9.33. The van der Waals surface area contributed by atoms with Gasteiger partial charge in [-0.05, 0) is 25.1 Å². The van der Waals surface area contributed by atoms with Gasteiger partial charge in [-0.2, -0.15) is 0 Å². The van der Waals surface area contributed by atoms with Gasteiger partial charge >= 0.3 is 5.97 Å². The monoisotopic (exact) mass is 235 g/mol. The number of methoxy groups -OCH3 is 1. The Bertz CT molecular complexity index is 661. The van der Waals surface area contributed by atoms with E-state index in [1.54, 1.807) is 0 Å². The summed E-state index contributed by atoms with van der Waals surface area (Å²) >= 11 is 0. The Kier molecular flexibility index (Phi) is 2.67. The molecule has 88 valence electrons. The Hall–Kier alpha value is -2.17. The van der Waals surface area contributed by atoms with E-state index in [0.717, 1.165) is 0 Å². The molecule has 0 spiro atoms. The lowest BCUT2D eigenvalue weighted by Crippen LogP contribution is -2.17. The van der Waals surface area contributed by atoms with Crippen LogP contribution < -0.4 is 5.56 Å². The first kappa shape index (κ1) is 11.3. The smallest absolute Gasteiger partial charge is 0.339 e. The van der Waals surface area contributed by atoms with Gasteiger partial charge < -0.3 is 9.72 Å². The summed E-state index contributed by atoms with van der Waals surface area (Å²) < 4.78 is 17.8. The number of nitrogens with one attached hydrogen (secondary N) is 1. The van der Waals surface area contributed by atoms with Crippen LogP contribution in [0.4, 0.5) is 4.39 Å². The lowest BCUT2D eigenvalue weighted by atomic mass is 10.0. The lowest BCUT2D eigenvalue weighted by molar-refractivity contribution is 0.0602. The third kappa shape index (κ3) is 1.80. The quantitative estimate of drug-likeness (QED) is 0.766. The van der Waals surface area contributed by atoms with Gasteiger partial charge in [0.1, 0.15) is 5.82 Å². The van der Waals surface area contributed by atoms with E-state index in [1.807, 2.05) is 0 Å². The van der Waals surface area contributed by atoms with Crippen LogP contribution in [0.3, 0.4) is 0 Å². The number of aromatic amines is 1. The predicted molar refractivity (Wildman–Crippen MR) is 60.6 cm³/mol. The fraction of sp³-hybridized carbons (Fsp3) is 0.167. The summed E-state index contributed by atoms with van der Waals surface area (Å²) in [5, 5.41) is 0.342. The van der Waals surface area contributed by atoms with E-state index in [4.69, 9.17) is 0 Å². The van der Waals surface area contributed by atoms with E-state index in [1.165, 1.54) is 32.2 Å². The second-order valence-corrected chi connectivity index (χ2v) is 3.64. The second-order valence-electron chi connectivity index (χ2n) is 3.64. The number of ether oxygens (including phenoxy) is 1. The molecule has 0 bridgehead atoms. The van der Waals surface area contributed by atoms with Crippen molar-refractivity contribution in [1.82, 2.24) is 4.98 Å². The van der Waals surface area contributed by atoms with Gasteiger partial charge in [-0.15, -0.1) is 0 Å². The van der Waals surface area contributed by atoms with Crippen molar-refractivity contribution in [2.75, 3.05) is 7.11 Å². The fourth-order valence-electron chi connectivity index (χ4n) is 1.73. The van der Waals surface area contributed by atoms with Crippen molar-refractivity contribution in [3.63, 3.8) is 0 Å². The Morgan fingerprint density at radius 3 is 2.76 bits per heavy atom. The van der Waals surface area contributed by atoms with Crippen molar-refractivity contribution in [3.8, 4) is 0 Å². The molecule has 0 radical (unpaired) electrons. The number of carbonyl (C=O) groups excluding carboxylic acids is 1. The SMILES string of the molecule is COC(=O)c1c(C)c(=O)[nH]c2ccc(F)cc12. The maximum atomic E-state index is 13.2. The topological polar surface area (TPSA) is 59.2 Å². The van der Waals surface area contributed by atoms with Gasteiger partial charge in [0.2, 0.25) is 0 Å². The Labute approximate surface area is 96.0 Å². The number of H-pyrrole nitrogens is 1. The number of benzene rings is 1. The first-order valence-electron chi connectivity index (χ1n) is 4.95. The van der Waals surface area contributed by atoms with Crippen LogP contribution in [0.2, 0.25) is 0 Å². The van der Waals surface area contributed by atoms with Gasteiger partial charge in [0, 0.05) is 16.5 Å². The number of aromatic nitrogens is 1. The number of hydrogen-bond donors (Lipinski definition) is 1. The van der Waals surface area contributed by atoms with Crippen LogP contribution in [0.5, 0.6) is 0 Å². The molecule has 0 unspecified atom stereocenters. The van der Waals surface area contributed by atoms with Gasteiger partial charge in [0.15, 0.2) is 0 Å². The largest absolute Gasteiger partial charge is 0.465 e. The van der Waals surface area contributed by atoms with Gasteiger partial charge in [0.05, 0.1) is 12.7 Å². The van der Waals surface area contributed by atoms with Crippen LogP contribution in [0, 0.1) is 12.7 Å². The van der Waals surface area contributed by atoms with Crippen molar-refractivity contribution in [3.05, 3.63) is 45.5 Å². The van der Waals surface area contributed by atoms with Gasteiger partial charge in [-0.25, -0.2) is 9.18 Å². The molecule has 1 aromatic carbocycles. The number of hydrogen-bond acceptors (Lipinski definition) is 3. The van der Waals surface area contributed by atoms with Crippen molar-refractivity contribution in [2.24, 2.45) is 0 Å². The molecule has 1 heterocycles. The number of esters is 1. The van der Waals surface area contributed by atoms with Crippen molar-refractivity contribution >= 4 is 16.9 Å². The molecule has 1 aromatic heterocycles. The highest BCUT2D eigenvalue weighted by molar-refractivity contribution is 6.04. The van der Waals surface area contributed by atoms with Gasteiger partial charge in [-0.1, -0.05) is 0 Å². The predicted octanol–water partition coefficient (Wildman–Crippen LogP) is 1.76. The average molecular weight is 235 g/mol. The summed E-state index contributed by atoms with van der Waals surface area (Å²) in [4.78, 5) is 25.8. The number of fused-ring (bicyclic) bond motifs is 1. The number of rotatable bonds is 1. The highest BCUT2D eigenvalue weighted by Crippen LogP contribution is 2.19. The van der Waals surface area contributed by atoms with E-state index in [2.05, 4.69) is 9.72 Å². The highest BCUT2D eigenvalue weighted by Gasteiger charge is 2.17. The summed E-state index contributed by atoms with van der Waals surface area (Å²) in [7, 11) is 1.22. The first-order valence-corrected chi connectivity index (χ1v) is 4.95. The Morgan fingerprint density at radius 1 is 1.41 bits per heavy atom. The zero-order valence-corrected chi connectivity index (χ0v) is 9.33. The van der Waals surface area contributed by atoms with Crippen LogP contribution in [-0.4, -0.2) is 18.1 Å². The molecule has 17 heavy (non-hydrogen) atoms. The lowest BCUT2D eigenvalue weighted by Gasteiger charge is -2.07. The molecule has 0 saturated carbocycles. The molecule has 4 nitrogen and oxygen atoms in total. The van der Waals surface area contributed by atoms with E-state index in [9.17, 15) is 14.0 Å². The van der Waals surface area contributed by atoms with E-state index < -0.39 is 11.8 Å². The van der Waals surface area contributed by atoms with Gasteiger partial charge in [0.25, 0.3) is 5.56 Å². The standard InChI is InChI=1S/C12H10FNO3/c1-6-10(12(16)17-2)8-5-7(13)3-4-9(8)14-11(6)15/h3-5H,1-2H3,(H,14,15). The molecular weight excluding hydrogens is 225 g/mol. The summed E-state index contributed by atoms with van der Waals surface area (Å²) in [5.41, 5.74) is 0.340. The minimum absolute atomic E-state index is 0.103. The average Bonchev–Trinajstić information content (AvgIpc) is 2.31. The number of pyridine rings is 1. The number of carbonyl (C=O) groups is 1. The Morgan fingerprint density at radius 2 is 2.12 bits per heavy atom.